The summed E-state index contributed by atoms with van der Waals surface area (Å²) in [6.07, 6.45) is -2.67. The first kappa shape index (κ1) is 15.1. The van der Waals surface area contributed by atoms with Gasteiger partial charge in [-0.15, -0.1) is 0 Å². The van der Waals surface area contributed by atoms with Crippen LogP contribution in [0.4, 0.5) is 13.2 Å². The molecule has 0 aromatic rings. The fraction of sp³-hybridized carbons (Fsp3) is 0.846. The Bertz CT molecular complexity index is 397. The number of hydrogen-bond donors (Lipinski definition) is 1. The van der Waals surface area contributed by atoms with Gasteiger partial charge in [-0.2, -0.15) is 13.2 Å². The van der Waals surface area contributed by atoms with Crippen molar-refractivity contribution in [2.24, 2.45) is 17.8 Å². The Balaban J connectivity index is 2.05. The Hall–Kier alpha value is -1.27. The maximum atomic E-state index is 13.0. The van der Waals surface area contributed by atoms with Crippen molar-refractivity contribution in [1.82, 2.24) is 4.90 Å². The molecule has 0 spiro atoms. The molecule has 3 unspecified atom stereocenters. The van der Waals surface area contributed by atoms with Gasteiger partial charge < -0.3 is 10.0 Å². The van der Waals surface area contributed by atoms with Gasteiger partial charge in [0.25, 0.3) is 0 Å². The summed E-state index contributed by atoms with van der Waals surface area (Å²) in [7, 11) is 0. The second-order valence-corrected chi connectivity index (χ2v) is 5.65. The van der Waals surface area contributed by atoms with E-state index >= 15 is 0 Å². The van der Waals surface area contributed by atoms with E-state index in [2.05, 4.69) is 0 Å². The lowest BCUT2D eigenvalue weighted by Crippen LogP contribution is -2.44. The average molecular weight is 293 g/mol. The number of carboxylic acid groups (broad SMARTS) is 1. The Morgan fingerprint density at radius 1 is 1.10 bits per heavy atom. The van der Waals surface area contributed by atoms with Gasteiger partial charge in [-0.05, 0) is 19.3 Å². The number of rotatable bonds is 2. The number of alkyl halides is 3. The summed E-state index contributed by atoms with van der Waals surface area (Å²) in [5.74, 6) is -4.76. The summed E-state index contributed by atoms with van der Waals surface area (Å²) in [5, 5.41) is 8.89. The Morgan fingerprint density at radius 3 is 2.30 bits per heavy atom. The zero-order chi connectivity index (χ0) is 14.9. The number of carbonyl (C=O) groups excluding carboxylic acids is 1. The standard InChI is InChI=1S/C13H18F3NO3/c14-13(15,16)10-4-2-1-3-9(10)11(18)17-6-5-8(7-17)12(19)20/h8-10H,1-7H2,(H,19,20). The monoisotopic (exact) mass is 293 g/mol. The quantitative estimate of drug-likeness (QED) is 0.850. The average Bonchev–Trinajstić information content (AvgIpc) is 2.86. The molecule has 3 atom stereocenters. The fourth-order valence-electron chi connectivity index (χ4n) is 3.21. The van der Waals surface area contributed by atoms with Gasteiger partial charge in [-0.3, -0.25) is 9.59 Å². The van der Waals surface area contributed by atoms with Crippen molar-refractivity contribution in [1.29, 1.82) is 0 Å². The number of carbonyl (C=O) groups is 2. The van der Waals surface area contributed by atoms with E-state index in [4.69, 9.17) is 5.11 Å². The van der Waals surface area contributed by atoms with Crippen LogP contribution in [0.3, 0.4) is 0 Å². The number of likely N-dealkylation sites (tertiary alicyclic amines) is 1. The molecular weight excluding hydrogens is 275 g/mol. The largest absolute Gasteiger partial charge is 0.481 e. The molecule has 1 aliphatic carbocycles. The van der Waals surface area contributed by atoms with Gasteiger partial charge in [0.1, 0.15) is 0 Å². The predicted octanol–water partition coefficient (Wildman–Crippen LogP) is 2.29. The number of nitrogens with zero attached hydrogens (tertiary/aromatic N) is 1. The van der Waals surface area contributed by atoms with E-state index in [1.54, 1.807) is 0 Å². The number of halogens is 3. The van der Waals surface area contributed by atoms with Gasteiger partial charge >= 0.3 is 12.1 Å². The molecular formula is C13H18F3NO3. The summed E-state index contributed by atoms with van der Waals surface area (Å²) in [6.45, 7) is 0.284. The van der Waals surface area contributed by atoms with Crippen molar-refractivity contribution in [2.45, 2.75) is 38.3 Å². The van der Waals surface area contributed by atoms with E-state index in [1.165, 1.54) is 4.90 Å². The molecule has 2 aliphatic rings. The molecule has 1 amide bonds. The maximum Gasteiger partial charge on any atom is 0.392 e. The van der Waals surface area contributed by atoms with E-state index in [0.29, 0.717) is 19.3 Å². The highest BCUT2D eigenvalue weighted by Gasteiger charge is 2.49. The molecule has 1 saturated heterocycles. The molecule has 1 heterocycles. The number of hydrogen-bond acceptors (Lipinski definition) is 2. The molecule has 2 rings (SSSR count). The van der Waals surface area contributed by atoms with Crippen LogP contribution >= 0.6 is 0 Å². The first-order chi connectivity index (χ1) is 9.30. The van der Waals surface area contributed by atoms with E-state index < -0.39 is 35.8 Å². The first-order valence-corrected chi connectivity index (χ1v) is 6.89. The lowest BCUT2D eigenvalue weighted by molar-refractivity contribution is -0.200. The molecule has 0 aromatic carbocycles. The van der Waals surface area contributed by atoms with Crippen LogP contribution in [-0.2, 0) is 9.59 Å². The molecule has 4 nitrogen and oxygen atoms in total. The van der Waals surface area contributed by atoms with Gasteiger partial charge in [-0.25, -0.2) is 0 Å². The third-order valence-electron chi connectivity index (χ3n) is 4.35. The third-order valence-corrected chi connectivity index (χ3v) is 4.35. The Morgan fingerprint density at radius 2 is 1.75 bits per heavy atom. The molecule has 1 aliphatic heterocycles. The highest BCUT2D eigenvalue weighted by Crippen LogP contribution is 2.42. The van der Waals surface area contributed by atoms with Gasteiger partial charge in [-0.1, -0.05) is 12.8 Å². The van der Waals surface area contributed by atoms with Crippen molar-refractivity contribution in [3.8, 4) is 0 Å². The van der Waals surface area contributed by atoms with Crippen molar-refractivity contribution >= 4 is 11.9 Å². The molecule has 7 heteroatoms. The van der Waals surface area contributed by atoms with E-state index in [9.17, 15) is 22.8 Å². The van der Waals surface area contributed by atoms with Crippen LogP contribution in [0, 0.1) is 17.8 Å². The van der Waals surface area contributed by atoms with E-state index in [-0.39, 0.29) is 25.9 Å². The van der Waals surface area contributed by atoms with E-state index in [1.807, 2.05) is 0 Å². The lowest BCUT2D eigenvalue weighted by atomic mass is 9.78. The summed E-state index contributed by atoms with van der Waals surface area (Å²) < 4.78 is 38.9. The second kappa shape index (κ2) is 5.61. The maximum absolute atomic E-state index is 13.0. The minimum Gasteiger partial charge on any atom is -0.481 e. The molecule has 0 bridgehead atoms. The van der Waals surface area contributed by atoms with Crippen molar-refractivity contribution in [2.75, 3.05) is 13.1 Å². The summed E-state index contributed by atoms with van der Waals surface area (Å²) >= 11 is 0. The lowest BCUT2D eigenvalue weighted by Gasteiger charge is -2.34. The molecule has 1 N–H and O–H groups in total. The van der Waals surface area contributed by atoms with Crippen LogP contribution < -0.4 is 0 Å². The van der Waals surface area contributed by atoms with Gasteiger partial charge in [0.2, 0.25) is 5.91 Å². The van der Waals surface area contributed by atoms with Crippen molar-refractivity contribution < 1.29 is 27.9 Å². The summed E-state index contributed by atoms with van der Waals surface area (Å²) in [5.41, 5.74) is 0. The minimum absolute atomic E-state index is 0.00386. The van der Waals surface area contributed by atoms with Crippen LogP contribution in [0.1, 0.15) is 32.1 Å². The minimum atomic E-state index is -4.35. The molecule has 114 valence electrons. The SMILES string of the molecule is O=C(O)C1CCN(C(=O)C2CCCCC2C(F)(F)F)C1. The number of amides is 1. The third kappa shape index (κ3) is 3.07. The first-order valence-electron chi connectivity index (χ1n) is 6.89. The highest BCUT2D eigenvalue weighted by molar-refractivity contribution is 5.81. The van der Waals surface area contributed by atoms with Crippen LogP contribution in [-0.4, -0.2) is 41.1 Å². The Labute approximate surface area is 114 Å². The molecule has 2 fully saturated rings. The van der Waals surface area contributed by atoms with Crippen LogP contribution in [0.5, 0.6) is 0 Å². The number of aliphatic carboxylic acids is 1. The Kier molecular flexibility index (Phi) is 4.25. The molecule has 0 radical (unpaired) electrons. The van der Waals surface area contributed by atoms with Crippen LogP contribution in [0.25, 0.3) is 0 Å². The summed E-state index contributed by atoms with van der Waals surface area (Å²) in [6, 6.07) is 0. The van der Waals surface area contributed by atoms with Gasteiger partial charge in [0.15, 0.2) is 0 Å². The van der Waals surface area contributed by atoms with Gasteiger partial charge in [0.05, 0.1) is 11.8 Å². The molecule has 1 saturated carbocycles. The molecule has 0 aromatic heterocycles. The normalized spacial score (nSPS) is 31.4. The zero-order valence-corrected chi connectivity index (χ0v) is 11.0. The smallest absolute Gasteiger partial charge is 0.392 e. The van der Waals surface area contributed by atoms with Crippen molar-refractivity contribution in [3.05, 3.63) is 0 Å². The van der Waals surface area contributed by atoms with Gasteiger partial charge in [0, 0.05) is 19.0 Å². The topological polar surface area (TPSA) is 57.6 Å². The predicted molar refractivity (Wildman–Crippen MR) is 63.8 cm³/mol. The fourth-order valence-corrected chi connectivity index (χ4v) is 3.21. The van der Waals surface area contributed by atoms with Crippen LogP contribution in [0.2, 0.25) is 0 Å². The van der Waals surface area contributed by atoms with Crippen LogP contribution in [0.15, 0.2) is 0 Å². The highest BCUT2D eigenvalue weighted by atomic mass is 19.4. The summed E-state index contributed by atoms with van der Waals surface area (Å²) in [4.78, 5) is 24.4. The zero-order valence-electron chi connectivity index (χ0n) is 11.0. The second-order valence-electron chi connectivity index (χ2n) is 5.65. The molecule has 20 heavy (non-hydrogen) atoms. The van der Waals surface area contributed by atoms with E-state index in [0.717, 1.165) is 0 Å². The number of carboxylic acids is 1. The van der Waals surface area contributed by atoms with Crippen molar-refractivity contribution in [3.63, 3.8) is 0 Å².